The van der Waals surface area contributed by atoms with Crippen molar-refractivity contribution < 1.29 is 9.90 Å². The van der Waals surface area contributed by atoms with Crippen molar-refractivity contribution in [3.05, 3.63) is 0 Å². The second kappa shape index (κ2) is 5.44. The Hall–Kier alpha value is 0.110. The Bertz CT molecular complexity index is 228. The van der Waals surface area contributed by atoms with Crippen LogP contribution in [0.25, 0.3) is 0 Å². The molecule has 2 nitrogen and oxygen atoms in total. The highest BCUT2D eigenvalue weighted by molar-refractivity contribution is 9.18. The molecule has 1 aliphatic carbocycles. The number of carbonyl (C=O) groups is 1. The minimum atomic E-state index is -0.819. The lowest BCUT2D eigenvalue weighted by atomic mass is 9.68. The van der Waals surface area contributed by atoms with Gasteiger partial charge in [-0.1, -0.05) is 27.2 Å². The highest BCUT2D eigenvalue weighted by Crippen LogP contribution is 2.40. The number of rotatable bonds is 3. The largest absolute Gasteiger partial charge is 0.384 e. The zero-order chi connectivity index (χ0) is 11.6. The Balaban J connectivity index is 2.74. The topological polar surface area (TPSA) is 37.3 Å². The van der Waals surface area contributed by atoms with Crippen LogP contribution in [0.1, 0.15) is 40.0 Å². The molecule has 0 spiro atoms. The summed E-state index contributed by atoms with van der Waals surface area (Å²) >= 11 is 2.88. The third-order valence-electron chi connectivity index (χ3n) is 3.71. The number of carbonyl (C=O) groups excluding carboxylic acids is 1. The maximum absolute atomic E-state index is 11.2. The summed E-state index contributed by atoms with van der Waals surface area (Å²) in [6.45, 7) is 6.56. The Morgan fingerprint density at radius 3 is 2.40 bits per heavy atom. The fourth-order valence-corrected chi connectivity index (χ4v) is 3.15. The van der Waals surface area contributed by atoms with Gasteiger partial charge >= 0.3 is 0 Å². The van der Waals surface area contributed by atoms with Crippen molar-refractivity contribution in [2.45, 2.75) is 46.1 Å². The smallest absolute Gasteiger partial charge is 0.226 e. The van der Waals surface area contributed by atoms with E-state index in [2.05, 4.69) is 36.7 Å². The molecule has 0 saturated heterocycles. The van der Waals surface area contributed by atoms with E-state index in [0.29, 0.717) is 17.8 Å². The second-order valence-corrected chi connectivity index (χ2v) is 6.02. The average Bonchev–Trinajstić information content (AvgIpc) is 2.15. The number of aliphatic hydroxyl groups excluding tert-OH is 1. The molecule has 0 radical (unpaired) electrons. The molecule has 0 heterocycles. The third-order valence-corrected chi connectivity index (χ3v) is 4.18. The first-order chi connectivity index (χ1) is 6.93. The first-order valence-corrected chi connectivity index (χ1v) is 6.60. The van der Waals surface area contributed by atoms with Crippen molar-refractivity contribution in [2.24, 2.45) is 23.7 Å². The van der Waals surface area contributed by atoms with Crippen molar-refractivity contribution in [3.63, 3.8) is 0 Å². The van der Waals surface area contributed by atoms with Gasteiger partial charge in [-0.25, -0.2) is 0 Å². The molecule has 1 aliphatic rings. The van der Waals surface area contributed by atoms with E-state index < -0.39 is 6.10 Å². The predicted molar refractivity (Wildman–Crippen MR) is 64.8 cm³/mol. The first-order valence-electron chi connectivity index (χ1n) is 5.81. The zero-order valence-corrected chi connectivity index (χ0v) is 11.3. The van der Waals surface area contributed by atoms with Gasteiger partial charge in [0.2, 0.25) is 4.69 Å². The van der Waals surface area contributed by atoms with Crippen LogP contribution in [0.3, 0.4) is 0 Å². The van der Waals surface area contributed by atoms with E-state index in [-0.39, 0.29) is 10.6 Å². The van der Waals surface area contributed by atoms with Crippen LogP contribution < -0.4 is 0 Å². The monoisotopic (exact) mass is 276 g/mol. The molecule has 88 valence electrons. The van der Waals surface area contributed by atoms with Crippen LogP contribution in [0.15, 0.2) is 0 Å². The zero-order valence-electron chi connectivity index (χ0n) is 9.74. The number of halogens is 1. The van der Waals surface area contributed by atoms with E-state index in [9.17, 15) is 9.90 Å². The molecule has 15 heavy (non-hydrogen) atoms. The summed E-state index contributed by atoms with van der Waals surface area (Å²) in [6.07, 6.45) is 2.52. The third kappa shape index (κ3) is 3.28. The fraction of sp³-hybridized carbons (Fsp3) is 0.917. The summed E-state index contributed by atoms with van der Waals surface area (Å²) in [5, 5.41) is 9.89. The summed E-state index contributed by atoms with van der Waals surface area (Å²) in [6, 6.07) is 0. The highest BCUT2D eigenvalue weighted by Gasteiger charge is 2.37. The minimum Gasteiger partial charge on any atom is -0.384 e. The van der Waals surface area contributed by atoms with Crippen LogP contribution in [-0.4, -0.2) is 15.9 Å². The van der Waals surface area contributed by atoms with E-state index in [4.69, 9.17) is 0 Å². The van der Waals surface area contributed by atoms with Gasteiger partial charge < -0.3 is 5.11 Å². The summed E-state index contributed by atoms with van der Waals surface area (Å²) < 4.78 is -0.257. The molecule has 1 saturated carbocycles. The maximum Gasteiger partial charge on any atom is 0.226 e. The molecule has 1 fully saturated rings. The van der Waals surface area contributed by atoms with Gasteiger partial charge in [-0.2, -0.15) is 0 Å². The molecule has 3 heteroatoms. The molecule has 1 rings (SSSR count). The SMILES string of the molecule is CC1CCC(C(C)C)C(C(O)C(=O)Br)C1. The molecule has 0 aromatic carbocycles. The number of hydrogen-bond donors (Lipinski definition) is 1. The van der Waals surface area contributed by atoms with Crippen LogP contribution in [-0.2, 0) is 4.79 Å². The standard InChI is InChI=1S/C12H21BrO2/c1-7(2)9-5-4-8(3)6-10(9)11(14)12(13)15/h7-11,14H,4-6H2,1-3H3. The van der Waals surface area contributed by atoms with Crippen LogP contribution in [0.5, 0.6) is 0 Å². The quantitative estimate of drug-likeness (QED) is 0.805. The number of aliphatic hydroxyl groups is 1. The molecule has 0 aromatic rings. The maximum atomic E-state index is 11.2. The van der Waals surface area contributed by atoms with Gasteiger partial charge in [0.25, 0.3) is 0 Å². The van der Waals surface area contributed by atoms with Gasteiger partial charge in [0.1, 0.15) is 6.10 Å². The first kappa shape index (κ1) is 13.2. The molecule has 4 atom stereocenters. The average molecular weight is 277 g/mol. The van der Waals surface area contributed by atoms with Crippen LogP contribution in [0, 0.1) is 23.7 Å². The van der Waals surface area contributed by atoms with Gasteiger partial charge in [-0.15, -0.1) is 0 Å². The fourth-order valence-electron chi connectivity index (χ4n) is 2.81. The molecule has 0 aliphatic heterocycles. The van der Waals surface area contributed by atoms with E-state index in [1.54, 1.807) is 0 Å². The van der Waals surface area contributed by atoms with E-state index in [1.807, 2.05) is 0 Å². The molecule has 0 aromatic heterocycles. The Morgan fingerprint density at radius 2 is 1.93 bits per heavy atom. The minimum absolute atomic E-state index is 0.139. The van der Waals surface area contributed by atoms with Crippen molar-refractivity contribution >= 4 is 20.6 Å². The summed E-state index contributed by atoms with van der Waals surface area (Å²) in [7, 11) is 0. The van der Waals surface area contributed by atoms with Crippen molar-refractivity contribution in [1.82, 2.24) is 0 Å². The van der Waals surface area contributed by atoms with Gasteiger partial charge in [0.15, 0.2) is 0 Å². The van der Waals surface area contributed by atoms with Gasteiger partial charge in [-0.05, 0) is 52.4 Å². The highest BCUT2D eigenvalue weighted by atomic mass is 79.9. The molecule has 0 bridgehead atoms. The molecular weight excluding hydrogens is 256 g/mol. The molecular formula is C12H21BrO2. The van der Waals surface area contributed by atoms with Gasteiger partial charge in [-0.3, -0.25) is 4.79 Å². The van der Waals surface area contributed by atoms with Gasteiger partial charge in [0, 0.05) is 0 Å². The Labute approximate surface area is 101 Å². The lowest BCUT2D eigenvalue weighted by Crippen LogP contribution is -2.38. The molecule has 4 unspecified atom stereocenters. The van der Waals surface area contributed by atoms with Crippen LogP contribution in [0.4, 0.5) is 0 Å². The summed E-state index contributed by atoms with van der Waals surface area (Å²) in [4.78, 5) is 11.2. The Kier molecular flexibility index (Phi) is 4.78. The van der Waals surface area contributed by atoms with Crippen LogP contribution >= 0.6 is 15.9 Å². The van der Waals surface area contributed by atoms with Crippen LogP contribution in [0.2, 0.25) is 0 Å². The van der Waals surface area contributed by atoms with Crippen molar-refractivity contribution in [1.29, 1.82) is 0 Å². The van der Waals surface area contributed by atoms with E-state index in [1.165, 1.54) is 6.42 Å². The van der Waals surface area contributed by atoms with Crippen molar-refractivity contribution in [2.75, 3.05) is 0 Å². The van der Waals surface area contributed by atoms with E-state index >= 15 is 0 Å². The molecule has 0 amide bonds. The van der Waals surface area contributed by atoms with Gasteiger partial charge in [0.05, 0.1) is 0 Å². The summed E-state index contributed by atoms with van der Waals surface area (Å²) in [5.41, 5.74) is 0. The lowest BCUT2D eigenvalue weighted by molar-refractivity contribution is -0.123. The lowest BCUT2D eigenvalue weighted by Gasteiger charge is -2.38. The van der Waals surface area contributed by atoms with Crippen molar-refractivity contribution in [3.8, 4) is 0 Å². The second-order valence-electron chi connectivity index (χ2n) is 5.24. The predicted octanol–water partition coefficient (Wildman–Crippen LogP) is 2.98. The number of hydrogen-bond acceptors (Lipinski definition) is 2. The molecule has 1 N–H and O–H groups in total. The summed E-state index contributed by atoms with van der Waals surface area (Å²) in [5.74, 6) is 1.80. The Morgan fingerprint density at radius 1 is 1.33 bits per heavy atom. The normalized spacial score (nSPS) is 34.1. The van der Waals surface area contributed by atoms with E-state index in [0.717, 1.165) is 12.8 Å².